The SMILES string of the molecule is CN(C)C1CCN(C(=O)CCCc2cn(-c3ccccc3)c(-c3c(C(N)=O)cccc3-c3cnn(C)c3)n2)CC1. The minimum atomic E-state index is -0.520. The highest BCUT2D eigenvalue weighted by molar-refractivity contribution is 6.03. The minimum Gasteiger partial charge on any atom is -0.366 e. The predicted molar refractivity (Wildman–Crippen MR) is 156 cm³/mol. The average molecular weight is 540 g/mol. The van der Waals surface area contributed by atoms with E-state index in [4.69, 9.17) is 10.7 Å². The molecule has 5 rings (SSSR count). The second-order valence-corrected chi connectivity index (χ2v) is 10.7. The van der Waals surface area contributed by atoms with E-state index in [-0.39, 0.29) is 5.91 Å². The van der Waals surface area contributed by atoms with Gasteiger partial charge in [-0.1, -0.05) is 30.3 Å². The number of benzene rings is 2. The maximum absolute atomic E-state index is 12.9. The summed E-state index contributed by atoms with van der Waals surface area (Å²) in [6, 6.07) is 16.0. The van der Waals surface area contributed by atoms with E-state index in [0.29, 0.717) is 42.3 Å². The number of carbonyl (C=O) groups is 2. The van der Waals surface area contributed by atoms with Crippen LogP contribution in [0.15, 0.2) is 67.1 Å². The molecule has 2 N–H and O–H groups in total. The lowest BCUT2D eigenvalue weighted by Gasteiger charge is -2.35. The van der Waals surface area contributed by atoms with Crippen LogP contribution in [0.3, 0.4) is 0 Å². The number of hydrogen-bond acceptors (Lipinski definition) is 5. The molecule has 4 aromatic rings. The predicted octanol–water partition coefficient (Wildman–Crippen LogP) is 3.91. The number of rotatable bonds is 9. The summed E-state index contributed by atoms with van der Waals surface area (Å²) in [5.41, 5.74) is 10.4. The molecule has 1 aliphatic rings. The molecule has 0 bridgehead atoms. The van der Waals surface area contributed by atoms with Gasteiger partial charge in [-0.05, 0) is 63.5 Å². The number of para-hydroxylation sites is 1. The van der Waals surface area contributed by atoms with E-state index in [1.807, 2.05) is 71.4 Å². The van der Waals surface area contributed by atoms with Crippen molar-refractivity contribution in [3.63, 3.8) is 0 Å². The third-order valence-electron chi connectivity index (χ3n) is 7.73. The molecule has 0 spiro atoms. The number of amides is 2. The number of hydrogen-bond donors (Lipinski definition) is 1. The van der Waals surface area contributed by atoms with Crippen LogP contribution >= 0.6 is 0 Å². The quantitative estimate of drug-likeness (QED) is 0.347. The largest absolute Gasteiger partial charge is 0.366 e. The van der Waals surface area contributed by atoms with Gasteiger partial charge >= 0.3 is 0 Å². The Morgan fingerprint density at radius 1 is 1.02 bits per heavy atom. The number of carbonyl (C=O) groups excluding carboxylic acids is 2. The summed E-state index contributed by atoms with van der Waals surface area (Å²) in [5, 5.41) is 4.33. The lowest BCUT2D eigenvalue weighted by atomic mass is 9.96. The van der Waals surface area contributed by atoms with Crippen LogP contribution < -0.4 is 5.73 Å². The average Bonchev–Trinajstić information content (AvgIpc) is 3.59. The van der Waals surface area contributed by atoms with Crippen molar-refractivity contribution < 1.29 is 9.59 Å². The first-order chi connectivity index (χ1) is 19.3. The van der Waals surface area contributed by atoms with Gasteiger partial charge in [0.25, 0.3) is 0 Å². The molecule has 2 amide bonds. The van der Waals surface area contributed by atoms with Crippen LogP contribution in [0.4, 0.5) is 0 Å². The molecule has 1 fully saturated rings. The Labute approximate surface area is 235 Å². The zero-order valence-corrected chi connectivity index (χ0v) is 23.5. The summed E-state index contributed by atoms with van der Waals surface area (Å²) in [6.45, 7) is 1.63. The normalized spacial score (nSPS) is 14.2. The zero-order valence-electron chi connectivity index (χ0n) is 23.5. The van der Waals surface area contributed by atoms with Crippen molar-refractivity contribution in [1.82, 2.24) is 29.1 Å². The van der Waals surface area contributed by atoms with E-state index < -0.39 is 5.91 Å². The molecule has 40 heavy (non-hydrogen) atoms. The van der Waals surface area contributed by atoms with Crippen molar-refractivity contribution in [2.75, 3.05) is 27.2 Å². The third kappa shape index (κ3) is 5.84. The van der Waals surface area contributed by atoms with Crippen LogP contribution in [-0.4, -0.2) is 74.2 Å². The Morgan fingerprint density at radius 2 is 1.77 bits per heavy atom. The first-order valence-electron chi connectivity index (χ1n) is 13.8. The van der Waals surface area contributed by atoms with E-state index in [9.17, 15) is 9.59 Å². The summed E-state index contributed by atoms with van der Waals surface area (Å²) < 4.78 is 3.73. The fourth-order valence-electron chi connectivity index (χ4n) is 5.52. The molecule has 208 valence electrons. The Bertz CT molecular complexity index is 1480. The smallest absolute Gasteiger partial charge is 0.249 e. The maximum atomic E-state index is 12.9. The van der Waals surface area contributed by atoms with Crippen LogP contribution in [0.1, 0.15) is 41.7 Å². The second kappa shape index (κ2) is 11.9. The molecule has 0 saturated carbocycles. The molecular formula is C31H37N7O2. The Balaban J connectivity index is 1.44. The molecule has 3 heterocycles. The number of piperidine rings is 1. The van der Waals surface area contributed by atoms with Crippen molar-refractivity contribution in [2.45, 2.75) is 38.1 Å². The summed E-state index contributed by atoms with van der Waals surface area (Å²) in [6.07, 6.45) is 9.55. The van der Waals surface area contributed by atoms with Crippen molar-refractivity contribution in [3.8, 4) is 28.2 Å². The van der Waals surface area contributed by atoms with Gasteiger partial charge in [-0.2, -0.15) is 5.10 Å². The van der Waals surface area contributed by atoms with Gasteiger partial charge in [0.15, 0.2) is 0 Å². The fourth-order valence-corrected chi connectivity index (χ4v) is 5.52. The van der Waals surface area contributed by atoms with E-state index in [0.717, 1.165) is 48.4 Å². The highest BCUT2D eigenvalue weighted by Crippen LogP contribution is 2.36. The lowest BCUT2D eigenvalue weighted by molar-refractivity contribution is -0.132. The standard InChI is InChI=1S/C31H37N7O2/c1-35(2)24-15-17-37(18-16-24)28(39)14-7-9-23-21-38(25-10-5-4-6-11-25)31(34-23)29-26(22-19-33-36(3)20-22)12-8-13-27(29)30(32)40/h4-6,8,10-13,19-21,24H,7,9,14-18H2,1-3H3,(H2,32,40). The van der Waals surface area contributed by atoms with Crippen LogP contribution in [0.5, 0.6) is 0 Å². The number of nitrogens with two attached hydrogens (primary N) is 1. The van der Waals surface area contributed by atoms with Crippen molar-refractivity contribution in [3.05, 3.63) is 78.4 Å². The van der Waals surface area contributed by atoms with Crippen molar-refractivity contribution >= 4 is 11.8 Å². The first kappa shape index (κ1) is 27.3. The van der Waals surface area contributed by atoms with Gasteiger partial charge in [-0.15, -0.1) is 0 Å². The number of imidazole rings is 1. The number of nitrogens with zero attached hydrogens (tertiary/aromatic N) is 6. The number of likely N-dealkylation sites (tertiary alicyclic amines) is 1. The fraction of sp³-hybridized carbons (Fsp3) is 0.355. The van der Waals surface area contributed by atoms with E-state index in [1.165, 1.54) is 0 Å². The molecule has 1 aliphatic heterocycles. The van der Waals surface area contributed by atoms with E-state index >= 15 is 0 Å². The summed E-state index contributed by atoms with van der Waals surface area (Å²) in [4.78, 5) is 34.8. The first-order valence-corrected chi connectivity index (χ1v) is 13.8. The van der Waals surface area contributed by atoms with Crippen LogP contribution in [0.25, 0.3) is 28.2 Å². The summed E-state index contributed by atoms with van der Waals surface area (Å²) in [5.74, 6) is 0.318. The van der Waals surface area contributed by atoms with Gasteiger partial charge in [0, 0.05) is 61.8 Å². The second-order valence-electron chi connectivity index (χ2n) is 10.7. The zero-order chi connectivity index (χ0) is 28.2. The highest BCUT2D eigenvalue weighted by atomic mass is 16.2. The summed E-state index contributed by atoms with van der Waals surface area (Å²) in [7, 11) is 6.06. The van der Waals surface area contributed by atoms with Gasteiger partial charge in [-0.3, -0.25) is 18.8 Å². The Hall–Kier alpha value is -4.24. The maximum Gasteiger partial charge on any atom is 0.249 e. The van der Waals surface area contributed by atoms with Crippen molar-refractivity contribution in [2.24, 2.45) is 12.8 Å². The van der Waals surface area contributed by atoms with Gasteiger partial charge in [0.05, 0.1) is 17.5 Å². The lowest BCUT2D eigenvalue weighted by Crippen LogP contribution is -2.44. The molecule has 9 heteroatoms. The number of aromatic nitrogens is 4. The highest BCUT2D eigenvalue weighted by Gasteiger charge is 2.25. The van der Waals surface area contributed by atoms with Crippen LogP contribution in [-0.2, 0) is 18.3 Å². The Morgan fingerprint density at radius 3 is 2.42 bits per heavy atom. The Kier molecular flexibility index (Phi) is 8.11. The number of aryl methyl sites for hydroxylation is 2. The molecule has 0 aliphatic carbocycles. The minimum absolute atomic E-state index is 0.206. The summed E-state index contributed by atoms with van der Waals surface area (Å²) >= 11 is 0. The monoisotopic (exact) mass is 539 g/mol. The number of primary amides is 1. The van der Waals surface area contributed by atoms with Crippen molar-refractivity contribution in [1.29, 1.82) is 0 Å². The molecule has 0 radical (unpaired) electrons. The topological polar surface area (TPSA) is 102 Å². The van der Waals surface area contributed by atoms with Gasteiger partial charge in [-0.25, -0.2) is 4.98 Å². The van der Waals surface area contributed by atoms with E-state index in [2.05, 4.69) is 24.1 Å². The molecular weight excluding hydrogens is 502 g/mol. The third-order valence-corrected chi connectivity index (χ3v) is 7.73. The van der Waals surface area contributed by atoms with Crippen LogP contribution in [0.2, 0.25) is 0 Å². The molecule has 0 atom stereocenters. The van der Waals surface area contributed by atoms with Gasteiger partial charge in [0.2, 0.25) is 11.8 Å². The van der Waals surface area contributed by atoms with Gasteiger partial charge in [0.1, 0.15) is 5.82 Å². The molecule has 0 unspecified atom stereocenters. The van der Waals surface area contributed by atoms with E-state index in [1.54, 1.807) is 16.9 Å². The molecule has 2 aromatic carbocycles. The molecule has 1 saturated heterocycles. The van der Waals surface area contributed by atoms with Gasteiger partial charge < -0.3 is 15.5 Å². The molecule has 9 nitrogen and oxygen atoms in total. The van der Waals surface area contributed by atoms with Crippen LogP contribution in [0, 0.1) is 0 Å². The molecule has 2 aromatic heterocycles.